The number of hydrogen-bond acceptors (Lipinski definition) is 5. The summed E-state index contributed by atoms with van der Waals surface area (Å²) in [6.07, 6.45) is 0. The molecular formula is C21H34INO5. The molecule has 0 amide bonds. The monoisotopic (exact) mass is 507 g/mol. The summed E-state index contributed by atoms with van der Waals surface area (Å²) in [6.45, 7) is 11.2. The highest BCUT2D eigenvalue weighted by Crippen LogP contribution is 2.40. The first-order chi connectivity index (χ1) is 13.0. The summed E-state index contributed by atoms with van der Waals surface area (Å²) in [5.41, 5.74) is 3.94. The van der Waals surface area contributed by atoms with Gasteiger partial charge in [0.05, 0.1) is 51.7 Å². The molecule has 6 nitrogen and oxygen atoms in total. The fourth-order valence-electron chi connectivity index (χ4n) is 3.10. The molecule has 0 atom stereocenters. The van der Waals surface area contributed by atoms with Gasteiger partial charge in [-0.25, -0.2) is 4.58 Å². The van der Waals surface area contributed by atoms with Crippen LogP contribution < -0.4 is 28.7 Å². The third-order valence-corrected chi connectivity index (χ3v) is 5.08. The number of rotatable bonds is 13. The summed E-state index contributed by atoms with van der Waals surface area (Å²) in [4.78, 5) is 0. The van der Waals surface area contributed by atoms with E-state index in [1.54, 1.807) is 7.11 Å². The van der Waals surface area contributed by atoms with E-state index in [-0.39, 0.29) is 29.4 Å². The lowest BCUT2D eigenvalue weighted by molar-refractivity contribution is -0.403. The van der Waals surface area contributed by atoms with Gasteiger partial charge in [0, 0.05) is 25.7 Å². The van der Waals surface area contributed by atoms with Gasteiger partial charge >= 0.3 is 0 Å². The van der Waals surface area contributed by atoms with Crippen LogP contribution in [0.4, 0.5) is 5.69 Å². The maximum atomic E-state index is 5.85. The van der Waals surface area contributed by atoms with E-state index < -0.39 is 0 Å². The molecule has 1 aliphatic rings. The van der Waals surface area contributed by atoms with Gasteiger partial charge in [0.1, 0.15) is 19.4 Å². The Labute approximate surface area is 186 Å². The topological polar surface area (TPSA) is 49.2 Å². The van der Waals surface area contributed by atoms with Gasteiger partial charge in [-0.05, 0) is 26.0 Å². The van der Waals surface area contributed by atoms with Crippen molar-refractivity contribution in [2.75, 3.05) is 67.0 Å². The number of hydrogen-bond donors (Lipinski definition) is 0. The Kier molecular flexibility index (Phi) is 11.5. The number of methoxy groups -OCH3 is 1. The molecule has 1 aromatic rings. The van der Waals surface area contributed by atoms with E-state index in [0.29, 0.717) is 52.9 Å². The first kappa shape index (κ1) is 25.3. The van der Waals surface area contributed by atoms with Crippen LogP contribution in [-0.2, 0) is 24.4 Å². The van der Waals surface area contributed by atoms with Crippen LogP contribution in [0.5, 0.6) is 5.75 Å². The number of fused-ring (bicyclic) bond motifs is 1. The molecule has 1 aliphatic heterocycles. The lowest BCUT2D eigenvalue weighted by Crippen LogP contribution is -3.00. The lowest BCUT2D eigenvalue weighted by atomic mass is 9.82. The maximum Gasteiger partial charge on any atom is 0.209 e. The summed E-state index contributed by atoms with van der Waals surface area (Å²) in [5.74, 6) is 0.887. The van der Waals surface area contributed by atoms with Crippen LogP contribution in [0.25, 0.3) is 0 Å². The quantitative estimate of drug-likeness (QED) is 0.210. The Hall–Kier alpha value is -0.740. The van der Waals surface area contributed by atoms with Crippen LogP contribution in [0, 0.1) is 0 Å². The Morgan fingerprint density at radius 1 is 0.857 bits per heavy atom. The molecule has 0 fully saturated rings. The Bertz CT molecular complexity index is 633. The van der Waals surface area contributed by atoms with E-state index in [1.165, 1.54) is 17.0 Å². The van der Waals surface area contributed by atoms with Crippen LogP contribution in [0.2, 0.25) is 0 Å². The molecule has 0 bridgehead atoms. The van der Waals surface area contributed by atoms with E-state index in [2.05, 4.69) is 44.5 Å². The molecule has 0 aliphatic carbocycles. The zero-order valence-electron chi connectivity index (χ0n) is 17.8. The third-order valence-electron chi connectivity index (χ3n) is 5.08. The minimum atomic E-state index is 0. The van der Waals surface area contributed by atoms with Crippen molar-refractivity contribution in [2.45, 2.75) is 26.2 Å². The van der Waals surface area contributed by atoms with Crippen molar-refractivity contribution in [2.24, 2.45) is 0 Å². The molecule has 0 saturated heterocycles. The van der Waals surface area contributed by atoms with E-state index >= 15 is 0 Å². The Morgan fingerprint density at radius 3 is 1.96 bits per heavy atom. The minimum absolute atomic E-state index is 0. The van der Waals surface area contributed by atoms with Gasteiger partial charge < -0.3 is 47.7 Å². The molecule has 160 valence electrons. The van der Waals surface area contributed by atoms with Crippen LogP contribution >= 0.6 is 0 Å². The van der Waals surface area contributed by atoms with Crippen LogP contribution in [0.1, 0.15) is 26.3 Å². The highest BCUT2D eigenvalue weighted by Gasteiger charge is 2.41. The molecule has 1 aromatic carbocycles. The zero-order valence-corrected chi connectivity index (χ0v) is 19.9. The van der Waals surface area contributed by atoms with Gasteiger partial charge in [0.25, 0.3) is 0 Å². The van der Waals surface area contributed by atoms with E-state index in [4.69, 9.17) is 23.7 Å². The maximum absolute atomic E-state index is 5.85. The molecule has 0 radical (unpaired) electrons. The normalized spacial score (nSPS) is 14.8. The molecule has 7 heteroatoms. The molecule has 2 rings (SSSR count). The van der Waals surface area contributed by atoms with Crippen molar-refractivity contribution >= 4 is 11.4 Å². The van der Waals surface area contributed by atoms with Gasteiger partial charge in [0.15, 0.2) is 5.71 Å². The summed E-state index contributed by atoms with van der Waals surface area (Å²) < 4.78 is 29.3. The predicted molar refractivity (Wildman–Crippen MR) is 106 cm³/mol. The summed E-state index contributed by atoms with van der Waals surface area (Å²) >= 11 is 0. The molecule has 0 aromatic heterocycles. The highest BCUT2D eigenvalue weighted by atomic mass is 127. The van der Waals surface area contributed by atoms with Crippen molar-refractivity contribution in [3.8, 4) is 5.75 Å². The SMILES string of the molecule is COCCOCCOCCOCCOc1ccc2c(c1)C(C)(C)C(C)=[N+]2C.[I-]. The van der Waals surface area contributed by atoms with Gasteiger partial charge in [-0.15, -0.1) is 0 Å². The second-order valence-electron chi connectivity index (χ2n) is 7.13. The summed E-state index contributed by atoms with van der Waals surface area (Å²) in [7, 11) is 3.77. The van der Waals surface area contributed by atoms with E-state index in [9.17, 15) is 0 Å². The van der Waals surface area contributed by atoms with E-state index in [1.807, 2.05) is 6.07 Å². The van der Waals surface area contributed by atoms with Crippen molar-refractivity contribution < 1.29 is 52.2 Å². The van der Waals surface area contributed by atoms with Crippen molar-refractivity contribution in [1.29, 1.82) is 0 Å². The standard InChI is InChI=1S/C21H34NO5.HI/c1-17-21(2,3)19-16-18(6-7-20(19)22(17)4)27-15-14-26-13-12-25-11-10-24-9-8-23-5;/h6-7,16H,8-15H2,1-5H3;1H/q+1;/p-1. The van der Waals surface area contributed by atoms with E-state index in [0.717, 1.165) is 5.75 Å². The van der Waals surface area contributed by atoms with Crippen LogP contribution in [0.15, 0.2) is 18.2 Å². The fourth-order valence-corrected chi connectivity index (χ4v) is 3.10. The lowest BCUT2D eigenvalue weighted by Gasteiger charge is -2.16. The van der Waals surface area contributed by atoms with Crippen molar-refractivity contribution in [1.82, 2.24) is 0 Å². The van der Waals surface area contributed by atoms with Gasteiger partial charge in [-0.2, -0.15) is 0 Å². The second-order valence-corrected chi connectivity index (χ2v) is 7.13. The average molecular weight is 507 g/mol. The second kappa shape index (κ2) is 12.7. The molecule has 28 heavy (non-hydrogen) atoms. The summed E-state index contributed by atoms with van der Waals surface area (Å²) in [6, 6.07) is 6.30. The predicted octanol–water partition coefficient (Wildman–Crippen LogP) is -0.208. The Balaban J connectivity index is 0.00000392. The molecule has 1 heterocycles. The van der Waals surface area contributed by atoms with Gasteiger partial charge in [-0.3, -0.25) is 0 Å². The zero-order chi connectivity index (χ0) is 19.7. The number of benzene rings is 1. The molecular weight excluding hydrogens is 473 g/mol. The largest absolute Gasteiger partial charge is 1.00 e. The summed E-state index contributed by atoms with van der Waals surface area (Å²) in [5, 5.41) is 0. The molecule has 0 spiro atoms. The molecule has 0 unspecified atom stereocenters. The molecule has 0 N–H and O–H groups in total. The first-order valence-corrected chi connectivity index (χ1v) is 9.55. The number of halogens is 1. The molecule has 0 saturated carbocycles. The minimum Gasteiger partial charge on any atom is -1.00 e. The number of nitrogens with zero attached hydrogens (tertiary/aromatic N) is 1. The average Bonchev–Trinajstić information content (AvgIpc) is 2.83. The van der Waals surface area contributed by atoms with Gasteiger partial charge in [0.2, 0.25) is 5.69 Å². The Morgan fingerprint density at radius 2 is 1.39 bits per heavy atom. The van der Waals surface area contributed by atoms with Gasteiger partial charge in [-0.1, -0.05) is 0 Å². The first-order valence-electron chi connectivity index (χ1n) is 9.55. The number of ether oxygens (including phenoxy) is 5. The third kappa shape index (κ3) is 6.95. The van der Waals surface area contributed by atoms with Crippen LogP contribution in [-0.4, -0.2) is 77.3 Å². The van der Waals surface area contributed by atoms with Crippen LogP contribution in [0.3, 0.4) is 0 Å². The fraction of sp³-hybridized carbons (Fsp3) is 0.667. The highest BCUT2D eigenvalue weighted by molar-refractivity contribution is 5.93. The van der Waals surface area contributed by atoms with Crippen molar-refractivity contribution in [3.63, 3.8) is 0 Å². The smallest absolute Gasteiger partial charge is 0.209 e. The van der Waals surface area contributed by atoms with Crippen molar-refractivity contribution in [3.05, 3.63) is 23.8 Å².